The van der Waals surface area contributed by atoms with Gasteiger partial charge < -0.3 is 14.4 Å². The summed E-state index contributed by atoms with van der Waals surface area (Å²) in [6.07, 6.45) is 1.86. The van der Waals surface area contributed by atoms with Crippen LogP contribution in [0.5, 0.6) is 5.75 Å². The summed E-state index contributed by atoms with van der Waals surface area (Å²) < 4.78 is 21.1. The number of aromatic nitrogens is 1. The molecular weight excluding hydrogens is 359 g/mol. The summed E-state index contributed by atoms with van der Waals surface area (Å²) in [5.74, 6) is -0.576. The first-order chi connectivity index (χ1) is 12.5. The number of aliphatic carboxylic acids is 1. The molecule has 0 atom stereocenters. The van der Waals surface area contributed by atoms with Gasteiger partial charge in [0.2, 0.25) is 0 Å². The summed E-state index contributed by atoms with van der Waals surface area (Å²) in [5, 5.41) is 10.3. The van der Waals surface area contributed by atoms with Crippen molar-refractivity contribution in [2.24, 2.45) is 0 Å². The molecule has 134 valence electrons. The summed E-state index contributed by atoms with van der Waals surface area (Å²) in [5.41, 5.74) is 2.51. The number of hydrogen-bond donors (Lipinski definition) is 1. The van der Waals surface area contributed by atoms with E-state index in [1.165, 1.54) is 12.1 Å². The van der Waals surface area contributed by atoms with Crippen molar-refractivity contribution in [3.05, 3.63) is 59.0 Å². The second kappa shape index (κ2) is 6.63. The van der Waals surface area contributed by atoms with Gasteiger partial charge in [-0.1, -0.05) is 11.6 Å². The third kappa shape index (κ3) is 3.13. The van der Waals surface area contributed by atoms with Gasteiger partial charge in [-0.25, -0.2) is 4.39 Å². The van der Waals surface area contributed by atoms with Crippen molar-refractivity contribution in [3.8, 4) is 11.4 Å². The van der Waals surface area contributed by atoms with Gasteiger partial charge in [-0.05, 0) is 36.4 Å². The average Bonchev–Trinajstić information content (AvgIpc) is 2.88. The molecule has 4 rings (SSSR count). The molecule has 0 aliphatic carbocycles. The van der Waals surface area contributed by atoms with Crippen molar-refractivity contribution in [2.45, 2.75) is 6.54 Å². The fraction of sp³-hybridized carbons (Fsp3) is 0.211. The molecule has 5 nitrogen and oxygen atoms in total. The minimum atomic E-state index is -0.880. The number of carboxylic acid groups (broad SMARTS) is 1. The Hall–Kier alpha value is -2.57. The maximum atomic E-state index is 13.4. The van der Waals surface area contributed by atoms with Crippen molar-refractivity contribution < 1.29 is 19.0 Å². The Morgan fingerprint density at radius 3 is 2.92 bits per heavy atom. The van der Waals surface area contributed by atoms with E-state index in [0.717, 1.165) is 22.2 Å². The summed E-state index contributed by atoms with van der Waals surface area (Å²) in [6.45, 7) is 1.27. The Kier molecular flexibility index (Phi) is 4.30. The first kappa shape index (κ1) is 16.9. The number of nitrogens with zero attached hydrogens (tertiary/aromatic N) is 2. The maximum Gasteiger partial charge on any atom is 0.317 e. The molecule has 3 aromatic rings. The summed E-state index contributed by atoms with van der Waals surface area (Å²) in [4.78, 5) is 12.8. The lowest BCUT2D eigenvalue weighted by Crippen LogP contribution is -2.31. The highest BCUT2D eigenvalue weighted by atomic mass is 35.5. The normalized spacial score (nSPS) is 14.7. The number of ether oxygens (including phenoxy) is 1. The van der Waals surface area contributed by atoms with E-state index in [1.54, 1.807) is 17.0 Å². The molecule has 7 heteroatoms. The lowest BCUT2D eigenvalue weighted by molar-refractivity contribution is -0.138. The molecule has 0 spiro atoms. The Morgan fingerprint density at radius 1 is 1.27 bits per heavy atom. The van der Waals surface area contributed by atoms with E-state index in [9.17, 15) is 9.18 Å². The van der Waals surface area contributed by atoms with Gasteiger partial charge in [-0.3, -0.25) is 9.69 Å². The van der Waals surface area contributed by atoms with E-state index in [0.29, 0.717) is 30.5 Å². The lowest BCUT2D eigenvalue weighted by atomic mass is 10.1. The van der Waals surface area contributed by atoms with E-state index in [4.69, 9.17) is 21.4 Å². The quantitative estimate of drug-likeness (QED) is 0.759. The summed E-state index contributed by atoms with van der Waals surface area (Å²) >= 11 is 6.43. The van der Waals surface area contributed by atoms with Crippen LogP contribution in [0.2, 0.25) is 5.02 Å². The Morgan fingerprint density at radius 2 is 2.12 bits per heavy atom. The largest absolute Gasteiger partial charge is 0.490 e. The smallest absolute Gasteiger partial charge is 0.317 e. The molecule has 1 N–H and O–H groups in total. The van der Waals surface area contributed by atoms with Gasteiger partial charge in [0.05, 0.1) is 17.1 Å². The minimum absolute atomic E-state index is 0.0592. The molecule has 2 heterocycles. The number of carbonyl (C=O) groups is 1. The topological polar surface area (TPSA) is 54.7 Å². The molecule has 1 aliphatic rings. The fourth-order valence-corrected chi connectivity index (χ4v) is 3.60. The van der Waals surface area contributed by atoms with Crippen LogP contribution in [0.1, 0.15) is 5.56 Å². The number of rotatable bonds is 3. The zero-order valence-electron chi connectivity index (χ0n) is 13.8. The van der Waals surface area contributed by atoms with Gasteiger partial charge >= 0.3 is 5.97 Å². The van der Waals surface area contributed by atoms with Gasteiger partial charge in [0.1, 0.15) is 18.2 Å². The molecular formula is C19H16ClFN2O3. The van der Waals surface area contributed by atoms with Crippen LogP contribution < -0.4 is 4.74 Å². The van der Waals surface area contributed by atoms with Crippen molar-refractivity contribution in [1.29, 1.82) is 0 Å². The molecule has 0 bridgehead atoms. The predicted molar refractivity (Wildman–Crippen MR) is 96.7 cm³/mol. The molecule has 2 aromatic carbocycles. The zero-order valence-corrected chi connectivity index (χ0v) is 14.5. The second-order valence-corrected chi connectivity index (χ2v) is 6.66. The molecule has 0 amide bonds. The van der Waals surface area contributed by atoms with E-state index in [2.05, 4.69) is 0 Å². The number of hydrogen-bond acceptors (Lipinski definition) is 3. The minimum Gasteiger partial charge on any atom is -0.490 e. The first-order valence-corrected chi connectivity index (χ1v) is 8.55. The highest BCUT2D eigenvalue weighted by Gasteiger charge is 2.21. The fourth-order valence-electron chi connectivity index (χ4n) is 3.31. The lowest BCUT2D eigenvalue weighted by Gasteiger charge is -2.17. The van der Waals surface area contributed by atoms with Crippen molar-refractivity contribution in [2.75, 3.05) is 19.7 Å². The molecule has 0 fully saturated rings. The van der Waals surface area contributed by atoms with Crippen LogP contribution in [0.4, 0.5) is 4.39 Å². The van der Waals surface area contributed by atoms with E-state index in [-0.39, 0.29) is 12.4 Å². The van der Waals surface area contributed by atoms with Crippen molar-refractivity contribution in [3.63, 3.8) is 0 Å². The summed E-state index contributed by atoms with van der Waals surface area (Å²) in [6, 6.07) is 10.2. The van der Waals surface area contributed by atoms with E-state index in [1.807, 2.05) is 22.9 Å². The third-order valence-corrected chi connectivity index (χ3v) is 4.72. The van der Waals surface area contributed by atoms with Crippen LogP contribution in [0, 0.1) is 5.82 Å². The molecule has 0 saturated heterocycles. The number of halogens is 2. The Balaban J connectivity index is 1.78. The molecule has 1 aromatic heterocycles. The predicted octanol–water partition coefficient (Wildman–Crippen LogP) is 3.70. The maximum absolute atomic E-state index is 13.4. The Bertz CT molecular complexity index is 1000. The van der Waals surface area contributed by atoms with Gasteiger partial charge in [0.25, 0.3) is 0 Å². The molecule has 0 radical (unpaired) electrons. The second-order valence-electron chi connectivity index (χ2n) is 6.26. The summed E-state index contributed by atoms with van der Waals surface area (Å²) in [7, 11) is 0. The van der Waals surface area contributed by atoms with Crippen molar-refractivity contribution >= 4 is 28.5 Å². The van der Waals surface area contributed by atoms with Crippen molar-refractivity contribution in [1.82, 2.24) is 9.47 Å². The monoisotopic (exact) mass is 374 g/mol. The van der Waals surface area contributed by atoms with E-state index >= 15 is 0 Å². The van der Waals surface area contributed by atoms with Crippen LogP contribution in [0.25, 0.3) is 16.6 Å². The van der Waals surface area contributed by atoms with E-state index < -0.39 is 5.97 Å². The molecule has 0 saturated carbocycles. The van der Waals surface area contributed by atoms with Crippen LogP contribution in [0.15, 0.2) is 42.6 Å². The number of fused-ring (bicyclic) bond motifs is 2. The van der Waals surface area contributed by atoms with Crippen LogP contribution >= 0.6 is 11.6 Å². The van der Waals surface area contributed by atoms with Gasteiger partial charge in [-0.2, -0.15) is 0 Å². The zero-order chi connectivity index (χ0) is 18.3. The standard InChI is InChI=1S/C19H16ClFN2O3/c20-16-9-15(23-4-3-12-7-14(21)1-2-17(12)23)8-13-10-22(11-18(24)25)5-6-26-19(13)16/h1-4,7-9H,5-6,10-11H2,(H,24,25). The van der Waals surface area contributed by atoms with Crippen LogP contribution in [-0.4, -0.2) is 40.2 Å². The van der Waals surface area contributed by atoms with Crippen LogP contribution in [0.3, 0.4) is 0 Å². The molecule has 0 unspecified atom stereocenters. The molecule has 1 aliphatic heterocycles. The Labute approximate surface area is 154 Å². The first-order valence-electron chi connectivity index (χ1n) is 8.17. The highest BCUT2D eigenvalue weighted by molar-refractivity contribution is 6.32. The van der Waals surface area contributed by atoms with Gasteiger partial charge in [-0.15, -0.1) is 0 Å². The van der Waals surface area contributed by atoms with Gasteiger partial charge in [0, 0.05) is 35.9 Å². The third-order valence-electron chi connectivity index (χ3n) is 4.44. The number of carboxylic acids is 1. The van der Waals surface area contributed by atoms with Crippen LogP contribution in [-0.2, 0) is 11.3 Å². The average molecular weight is 375 g/mol. The van der Waals surface area contributed by atoms with Gasteiger partial charge in [0.15, 0.2) is 0 Å². The SMILES string of the molecule is O=C(O)CN1CCOc2c(Cl)cc(-n3ccc4cc(F)ccc43)cc2C1. The molecule has 26 heavy (non-hydrogen) atoms. The number of benzene rings is 2. The highest BCUT2D eigenvalue weighted by Crippen LogP contribution is 2.35.